The number of rotatable bonds is 11. The topological polar surface area (TPSA) is 147 Å². The second-order valence-corrected chi connectivity index (χ2v) is 11.3. The maximum absolute atomic E-state index is 12.9. The van der Waals surface area contributed by atoms with E-state index in [0.29, 0.717) is 11.5 Å². The summed E-state index contributed by atoms with van der Waals surface area (Å²) in [6.45, 7) is -0.451. The molecule has 14 heteroatoms. The number of halogens is 3. The van der Waals surface area contributed by atoms with Crippen LogP contribution in [0.25, 0.3) is 0 Å². The molecule has 5 rings (SSSR count). The number of nitrogens with two attached hydrogens (primary N) is 1. The van der Waals surface area contributed by atoms with E-state index in [-0.39, 0.29) is 37.4 Å². The van der Waals surface area contributed by atoms with Gasteiger partial charge in [0.2, 0.25) is 0 Å². The number of nitrogen functional groups attached to an aromatic ring is 1. The minimum Gasteiger partial charge on any atom is -0.497 e. The summed E-state index contributed by atoms with van der Waals surface area (Å²) >= 11 is 0. The molecule has 1 aliphatic rings. The number of nitrogens with one attached hydrogen (secondary N) is 1. The fraction of sp³-hybridized carbons (Fsp3) is 0.306. The number of methoxy groups -OCH3 is 2. The highest BCUT2D eigenvalue weighted by Gasteiger charge is 2.42. The molecule has 0 aliphatic carbocycles. The van der Waals surface area contributed by atoms with Crippen LogP contribution in [0.1, 0.15) is 41.3 Å². The number of hydrogen-bond donors (Lipinski definition) is 3. The van der Waals surface area contributed by atoms with Crippen LogP contribution in [0.15, 0.2) is 89.9 Å². The van der Waals surface area contributed by atoms with Gasteiger partial charge >= 0.3 is 17.8 Å². The lowest BCUT2D eigenvalue weighted by atomic mass is 9.80. The normalized spacial score (nSPS) is 17.4. The van der Waals surface area contributed by atoms with Crippen molar-refractivity contribution in [2.24, 2.45) is 0 Å². The van der Waals surface area contributed by atoms with E-state index < -0.39 is 41.8 Å². The van der Waals surface area contributed by atoms with Crippen LogP contribution < -0.4 is 26.2 Å². The molecule has 3 atom stereocenters. The highest BCUT2D eigenvalue weighted by molar-refractivity contribution is 5.81. The van der Waals surface area contributed by atoms with Gasteiger partial charge in [-0.15, -0.1) is 0 Å². The van der Waals surface area contributed by atoms with E-state index in [9.17, 15) is 27.9 Å². The second-order valence-electron chi connectivity index (χ2n) is 11.3. The monoisotopic (exact) mass is 692 g/mol. The van der Waals surface area contributed by atoms with Gasteiger partial charge in [0, 0.05) is 25.6 Å². The third-order valence-electron chi connectivity index (χ3n) is 8.15. The number of aromatic nitrogens is 2. The minimum atomic E-state index is -5.00. The predicted molar refractivity (Wildman–Crippen MR) is 176 cm³/mol. The third-order valence-corrected chi connectivity index (χ3v) is 8.15. The number of aliphatic hydroxyl groups excluding tert-OH is 1. The van der Waals surface area contributed by atoms with Gasteiger partial charge in [-0.25, -0.2) is 4.79 Å². The van der Waals surface area contributed by atoms with Gasteiger partial charge in [0.05, 0.1) is 32.5 Å². The Balaban J connectivity index is 1.40. The molecule has 1 aliphatic heterocycles. The maximum atomic E-state index is 12.9. The van der Waals surface area contributed by atoms with E-state index in [1.165, 1.54) is 6.20 Å². The first kappa shape index (κ1) is 35.9. The first-order valence-corrected chi connectivity index (χ1v) is 15.5. The number of alkyl halides is 3. The van der Waals surface area contributed by atoms with Crippen LogP contribution in [0.3, 0.4) is 0 Å². The summed E-state index contributed by atoms with van der Waals surface area (Å²) in [5, 5.41) is 12.9. The SMILES string of the molecule is COc1ccc(C(OC[C@H]2O[C@@H](n3cc(C#CCCNC(=O)C(F)(F)F)c(N)nc3=O)C[C@@H]2O)(c2ccccc2)c2ccc(OC)cc2)cc1. The molecule has 4 N–H and O–H groups in total. The molecule has 1 aromatic heterocycles. The van der Waals surface area contributed by atoms with Gasteiger partial charge in [-0.1, -0.05) is 66.4 Å². The third kappa shape index (κ3) is 7.92. The van der Waals surface area contributed by atoms with E-state index in [4.69, 9.17) is 24.7 Å². The fourth-order valence-corrected chi connectivity index (χ4v) is 5.60. The van der Waals surface area contributed by atoms with Crippen molar-refractivity contribution < 1.29 is 42.0 Å². The van der Waals surface area contributed by atoms with Crippen molar-refractivity contribution in [3.05, 3.63) is 118 Å². The summed E-state index contributed by atoms with van der Waals surface area (Å²) in [5.41, 5.74) is 6.44. The summed E-state index contributed by atoms with van der Waals surface area (Å²) in [4.78, 5) is 27.7. The number of benzene rings is 3. The van der Waals surface area contributed by atoms with Crippen LogP contribution in [0.5, 0.6) is 11.5 Å². The Bertz CT molecular complexity index is 1840. The molecule has 11 nitrogen and oxygen atoms in total. The molecule has 1 fully saturated rings. The summed E-state index contributed by atoms with van der Waals surface area (Å²) in [7, 11) is 3.16. The number of hydrogen-bond acceptors (Lipinski definition) is 9. The van der Waals surface area contributed by atoms with E-state index in [1.807, 2.05) is 78.9 Å². The quantitative estimate of drug-likeness (QED) is 0.121. The molecular weight excluding hydrogens is 657 g/mol. The Morgan fingerprint density at radius 3 is 2.14 bits per heavy atom. The number of carbonyl (C=O) groups is 1. The minimum absolute atomic E-state index is 0.0132. The van der Waals surface area contributed by atoms with Crippen molar-refractivity contribution >= 4 is 11.7 Å². The van der Waals surface area contributed by atoms with Gasteiger partial charge < -0.3 is 35.1 Å². The van der Waals surface area contributed by atoms with Crippen LogP contribution in [0.2, 0.25) is 0 Å². The molecule has 262 valence electrons. The van der Waals surface area contributed by atoms with Gasteiger partial charge in [0.1, 0.15) is 35.2 Å². The van der Waals surface area contributed by atoms with Crippen molar-refractivity contribution in [1.82, 2.24) is 14.9 Å². The Morgan fingerprint density at radius 1 is 1.00 bits per heavy atom. The zero-order valence-electron chi connectivity index (χ0n) is 27.1. The Labute approximate surface area is 285 Å². The Hall–Kier alpha value is -5.36. The molecule has 0 bridgehead atoms. The Morgan fingerprint density at radius 2 is 1.58 bits per heavy atom. The van der Waals surface area contributed by atoms with Gasteiger partial charge in [-0.05, 0) is 41.0 Å². The zero-order valence-corrected chi connectivity index (χ0v) is 27.1. The zero-order chi connectivity index (χ0) is 35.9. The number of amides is 1. The van der Waals surface area contributed by atoms with Crippen LogP contribution in [0.4, 0.5) is 19.0 Å². The molecule has 0 saturated carbocycles. The van der Waals surface area contributed by atoms with Crippen molar-refractivity contribution in [1.29, 1.82) is 0 Å². The van der Waals surface area contributed by atoms with Crippen molar-refractivity contribution in [3.8, 4) is 23.3 Å². The second kappa shape index (κ2) is 15.5. The molecule has 1 amide bonds. The first-order valence-electron chi connectivity index (χ1n) is 15.5. The summed E-state index contributed by atoms with van der Waals surface area (Å²) in [6.07, 6.45) is -6.68. The van der Waals surface area contributed by atoms with E-state index >= 15 is 0 Å². The van der Waals surface area contributed by atoms with Crippen LogP contribution in [0, 0.1) is 11.8 Å². The number of nitrogens with zero attached hydrogens (tertiary/aromatic N) is 2. The molecule has 0 radical (unpaired) electrons. The van der Waals surface area contributed by atoms with Gasteiger partial charge in [-0.3, -0.25) is 9.36 Å². The fourth-order valence-electron chi connectivity index (χ4n) is 5.60. The highest BCUT2D eigenvalue weighted by atomic mass is 19.4. The van der Waals surface area contributed by atoms with Gasteiger partial charge in [0.25, 0.3) is 0 Å². The average molecular weight is 693 g/mol. The van der Waals surface area contributed by atoms with Crippen molar-refractivity contribution in [2.45, 2.75) is 43.1 Å². The van der Waals surface area contributed by atoms with Crippen molar-refractivity contribution in [2.75, 3.05) is 33.1 Å². The Kier molecular flexibility index (Phi) is 11.1. The lowest BCUT2D eigenvalue weighted by molar-refractivity contribution is -0.173. The van der Waals surface area contributed by atoms with Crippen molar-refractivity contribution in [3.63, 3.8) is 0 Å². The summed E-state index contributed by atoms with van der Waals surface area (Å²) < 4.78 is 62.2. The van der Waals surface area contributed by atoms with E-state index in [1.54, 1.807) is 19.5 Å². The maximum Gasteiger partial charge on any atom is 0.471 e. The standard InChI is InChI=1S/C36H35F3N4O7/c1-47-27-15-11-25(12-16-27)35(24-9-4-3-5-10-24,26-13-17-28(48-2)18-14-26)49-22-30-29(44)20-31(50-30)43-21-23(32(40)42-34(43)46)8-6-7-19-41-33(45)36(37,38)39/h3-5,9-18,21,29-31,44H,7,19-20,22H2,1-2H3,(H,41,45)(H2,40,42,46)/t29-,30+,31+/m0/s1. The van der Waals surface area contributed by atoms with E-state index in [0.717, 1.165) is 21.3 Å². The molecule has 3 aromatic carbocycles. The predicted octanol–water partition coefficient (Wildman–Crippen LogP) is 3.92. The number of anilines is 1. The summed E-state index contributed by atoms with van der Waals surface area (Å²) in [6, 6.07) is 24.5. The van der Waals surface area contributed by atoms with Gasteiger partial charge in [-0.2, -0.15) is 18.2 Å². The number of ether oxygens (including phenoxy) is 4. The highest BCUT2D eigenvalue weighted by Crippen LogP contribution is 2.42. The van der Waals surface area contributed by atoms with Crippen LogP contribution >= 0.6 is 0 Å². The number of aliphatic hydroxyl groups is 1. The molecule has 4 aromatic rings. The molecular formula is C36H35F3N4O7. The lowest BCUT2D eigenvalue weighted by Gasteiger charge is -2.37. The van der Waals surface area contributed by atoms with E-state index in [2.05, 4.69) is 16.8 Å². The lowest BCUT2D eigenvalue weighted by Crippen LogP contribution is -2.38. The largest absolute Gasteiger partial charge is 0.497 e. The number of carbonyl (C=O) groups excluding carboxylic acids is 1. The molecule has 0 spiro atoms. The molecule has 1 saturated heterocycles. The molecule has 50 heavy (non-hydrogen) atoms. The van der Waals surface area contributed by atoms with Crippen LogP contribution in [-0.2, 0) is 19.9 Å². The summed E-state index contributed by atoms with van der Waals surface area (Å²) in [5.74, 6) is 4.32. The van der Waals surface area contributed by atoms with Crippen LogP contribution in [-0.4, -0.2) is 66.3 Å². The van der Waals surface area contributed by atoms with Gasteiger partial charge in [0.15, 0.2) is 0 Å². The molecule has 2 heterocycles. The average Bonchev–Trinajstić information content (AvgIpc) is 3.49. The smallest absolute Gasteiger partial charge is 0.471 e. The first-order chi connectivity index (χ1) is 24.0. The molecule has 0 unspecified atom stereocenters.